The Hall–Kier alpha value is -1.08. The van der Waals surface area contributed by atoms with Gasteiger partial charge in [-0.2, -0.15) is 15.0 Å². The Bertz CT molecular complexity index is 289. The number of rotatable bonds is 6. The molecule has 0 atom stereocenters. The molecule has 0 fully saturated rings. The molecule has 0 aliphatic heterocycles. The van der Waals surface area contributed by atoms with Crippen LogP contribution in [0.25, 0.3) is 0 Å². The van der Waals surface area contributed by atoms with Crippen molar-refractivity contribution in [1.29, 1.82) is 0 Å². The molecule has 0 unspecified atom stereocenters. The van der Waals surface area contributed by atoms with Gasteiger partial charge in [-0.3, -0.25) is 0 Å². The number of nitrogen functional groups attached to an aromatic ring is 2. The summed E-state index contributed by atoms with van der Waals surface area (Å²) >= 11 is 1.45. The summed E-state index contributed by atoms with van der Waals surface area (Å²) in [4.78, 5) is 11.6. The van der Waals surface area contributed by atoms with Crippen LogP contribution in [0.4, 0.5) is 11.9 Å². The van der Waals surface area contributed by atoms with Crippen LogP contribution in [0.15, 0.2) is 0 Å². The van der Waals surface area contributed by atoms with E-state index in [1.165, 1.54) is 12.0 Å². The number of aryl methyl sites for hydroxylation is 1. The predicted octanol–water partition coefficient (Wildman–Crippen LogP) is 0.653. The molecular formula is C8H15N5OS. The maximum Gasteiger partial charge on any atom is 0.225 e. The summed E-state index contributed by atoms with van der Waals surface area (Å²) in [5.74, 6) is 1.89. The highest BCUT2D eigenvalue weighted by Crippen LogP contribution is 2.07. The zero-order valence-electron chi connectivity index (χ0n) is 8.64. The van der Waals surface area contributed by atoms with Gasteiger partial charge in [-0.15, -0.1) is 0 Å². The number of aromatic nitrogens is 3. The number of nitrogens with zero attached hydrogens (tertiary/aromatic N) is 3. The lowest BCUT2D eigenvalue weighted by Gasteiger charge is -2.01. The lowest BCUT2D eigenvalue weighted by atomic mass is 10.3. The molecule has 6 nitrogen and oxygen atoms in total. The normalized spacial score (nSPS) is 10.5. The molecule has 0 amide bonds. The van der Waals surface area contributed by atoms with Crippen molar-refractivity contribution in [2.24, 2.45) is 0 Å². The maximum atomic E-state index is 5.44. The van der Waals surface area contributed by atoms with E-state index < -0.39 is 0 Å². The van der Waals surface area contributed by atoms with Crippen molar-refractivity contribution in [1.82, 2.24) is 15.0 Å². The summed E-state index contributed by atoms with van der Waals surface area (Å²) in [7, 11) is 0. The molecule has 0 spiro atoms. The zero-order valence-corrected chi connectivity index (χ0v) is 9.46. The summed E-state index contributed by atoms with van der Waals surface area (Å²) in [5.41, 5.74) is 10.9. The average Bonchev–Trinajstić information content (AvgIpc) is 2.16. The standard InChI is InChI=1S/C8H15N5OS/c1-2-14-15-5-3-4-6-11-7(9)13-8(10)12-6/h2-5H2,1H3,(H4,9,10,11,12,13). The predicted molar refractivity (Wildman–Crippen MR) is 61.1 cm³/mol. The molecular weight excluding hydrogens is 214 g/mol. The molecule has 0 aromatic carbocycles. The highest BCUT2D eigenvalue weighted by Gasteiger charge is 2.01. The van der Waals surface area contributed by atoms with E-state index in [0.717, 1.165) is 25.2 Å². The SMILES string of the molecule is CCOSCCCc1nc(N)nc(N)n1. The van der Waals surface area contributed by atoms with Crippen molar-refractivity contribution in [3.63, 3.8) is 0 Å². The van der Waals surface area contributed by atoms with E-state index in [-0.39, 0.29) is 11.9 Å². The third-order valence-corrected chi connectivity index (χ3v) is 2.40. The van der Waals surface area contributed by atoms with Crippen molar-refractivity contribution in [3.05, 3.63) is 5.82 Å². The molecule has 1 heterocycles. The first kappa shape index (κ1) is 12.0. The van der Waals surface area contributed by atoms with Gasteiger partial charge in [0, 0.05) is 12.2 Å². The largest absolute Gasteiger partial charge is 0.368 e. The molecule has 0 aliphatic carbocycles. The van der Waals surface area contributed by atoms with Gasteiger partial charge in [-0.25, -0.2) is 0 Å². The fourth-order valence-corrected chi connectivity index (χ4v) is 1.55. The molecule has 0 saturated heterocycles. The average molecular weight is 229 g/mol. The van der Waals surface area contributed by atoms with Crippen molar-refractivity contribution in [2.75, 3.05) is 23.8 Å². The van der Waals surface area contributed by atoms with Crippen LogP contribution >= 0.6 is 12.0 Å². The molecule has 15 heavy (non-hydrogen) atoms. The van der Waals surface area contributed by atoms with E-state index >= 15 is 0 Å². The van der Waals surface area contributed by atoms with Gasteiger partial charge in [-0.1, -0.05) is 0 Å². The Labute approximate surface area is 93.0 Å². The van der Waals surface area contributed by atoms with Crippen LogP contribution in [0.5, 0.6) is 0 Å². The molecule has 1 aromatic heterocycles. The Morgan fingerprint density at radius 2 is 1.87 bits per heavy atom. The highest BCUT2D eigenvalue weighted by molar-refractivity contribution is 7.94. The van der Waals surface area contributed by atoms with Gasteiger partial charge in [-0.05, 0) is 25.4 Å². The van der Waals surface area contributed by atoms with Gasteiger partial charge in [0.2, 0.25) is 11.9 Å². The van der Waals surface area contributed by atoms with E-state index in [2.05, 4.69) is 15.0 Å². The number of hydrogen-bond acceptors (Lipinski definition) is 7. The minimum absolute atomic E-state index is 0.176. The summed E-state index contributed by atoms with van der Waals surface area (Å²) in [6.45, 7) is 2.68. The topological polar surface area (TPSA) is 99.9 Å². The maximum absolute atomic E-state index is 5.44. The molecule has 0 radical (unpaired) electrons. The van der Waals surface area contributed by atoms with Crippen LogP contribution in [0, 0.1) is 0 Å². The van der Waals surface area contributed by atoms with Crippen LogP contribution in [0.3, 0.4) is 0 Å². The molecule has 1 rings (SSSR count). The van der Waals surface area contributed by atoms with Crippen LogP contribution < -0.4 is 11.5 Å². The Morgan fingerprint density at radius 1 is 1.20 bits per heavy atom. The first-order valence-corrected chi connectivity index (χ1v) is 5.63. The summed E-state index contributed by atoms with van der Waals surface area (Å²) < 4.78 is 5.13. The van der Waals surface area contributed by atoms with Gasteiger partial charge in [0.05, 0.1) is 6.61 Å². The second kappa shape index (κ2) is 6.41. The van der Waals surface area contributed by atoms with Gasteiger partial charge in [0.15, 0.2) is 0 Å². The quantitative estimate of drug-likeness (QED) is 0.545. The van der Waals surface area contributed by atoms with Gasteiger partial charge >= 0.3 is 0 Å². The lowest BCUT2D eigenvalue weighted by molar-refractivity contribution is 0.401. The minimum Gasteiger partial charge on any atom is -0.368 e. The smallest absolute Gasteiger partial charge is 0.225 e. The molecule has 4 N–H and O–H groups in total. The molecule has 0 bridgehead atoms. The number of anilines is 2. The third kappa shape index (κ3) is 4.80. The van der Waals surface area contributed by atoms with Crippen molar-refractivity contribution >= 4 is 23.9 Å². The fourth-order valence-electron chi connectivity index (χ4n) is 1.00. The minimum atomic E-state index is 0.176. The molecule has 0 saturated carbocycles. The second-order valence-corrected chi connectivity index (χ2v) is 3.68. The third-order valence-electron chi connectivity index (χ3n) is 1.55. The zero-order chi connectivity index (χ0) is 11.1. The van der Waals surface area contributed by atoms with E-state index in [1.807, 2.05) is 6.92 Å². The first-order chi connectivity index (χ1) is 7.22. The monoisotopic (exact) mass is 229 g/mol. The first-order valence-electron chi connectivity index (χ1n) is 4.72. The van der Waals surface area contributed by atoms with Gasteiger partial charge < -0.3 is 15.7 Å². The Morgan fingerprint density at radius 3 is 2.47 bits per heavy atom. The molecule has 84 valence electrons. The van der Waals surface area contributed by atoms with E-state index in [9.17, 15) is 0 Å². The van der Waals surface area contributed by atoms with Crippen LogP contribution in [0.2, 0.25) is 0 Å². The van der Waals surface area contributed by atoms with Gasteiger partial charge in [0.1, 0.15) is 5.82 Å². The Kier molecular flexibility index (Phi) is 5.13. The number of nitrogens with two attached hydrogens (primary N) is 2. The summed E-state index contributed by atoms with van der Waals surface area (Å²) in [6, 6.07) is 0. The van der Waals surface area contributed by atoms with E-state index in [4.69, 9.17) is 15.7 Å². The van der Waals surface area contributed by atoms with Crippen molar-refractivity contribution < 1.29 is 4.18 Å². The number of hydrogen-bond donors (Lipinski definition) is 2. The van der Waals surface area contributed by atoms with Crippen LogP contribution in [-0.2, 0) is 10.6 Å². The fraction of sp³-hybridized carbons (Fsp3) is 0.625. The van der Waals surface area contributed by atoms with E-state index in [0.29, 0.717) is 5.82 Å². The molecule has 0 aliphatic rings. The van der Waals surface area contributed by atoms with Crippen LogP contribution in [0.1, 0.15) is 19.2 Å². The highest BCUT2D eigenvalue weighted by atomic mass is 32.2. The van der Waals surface area contributed by atoms with Crippen molar-refractivity contribution in [2.45, 2.75) is 19.8 Å². The molecule has 7 heteroatoms. The second-order valence-electron chi connectivity index (χ2n) is 2.80. The van der Waals surface area contributed by atoms with Crippen LogP contribution in [-0.4, -0.2) is 27.3 Å². The Balaban J connectivity index is 2.31. The lowest BCUT2D eigenvalue weighted by Crippen LogP contribution is -2.07. The van der Waals surface area contributed by atoms with E-state index in [1.54, 1.807) is 0 Å². The van der Waals surface area contributed by atoms with Crippen molar-refractivity contribution in [3.8, 4) is 0 Å². The molecule has 1 aromatic rings. The van der Waals surface area contributed by atoms with Gasteiger partial charge in [0.25, 0.3) is 0 Å². The summed E-state index contributed by atoms with van der Waals surface area (Å²) in [5, 5.41) is 0. The summed E-state index contributed by atoms with van der Waals surface area (Å²) in [6.07, 6.45) is 1.66.